The highest BCUT2D eigenvalue weighted by molar-refractivity contribution is 5.95. The third kappa shape index (κ3) is 5.17. The molecule has 0 atom stereocenters. The average molecular weight is 340 g/mol. The molecule has 0 bridgehead atoms. The number of nitrogens with zero attached hydrogens (tertiary/aromatic N) is 1. The number of benzene rings is 2. The fourth-order valence-electron chi connectivity index (χ4n) is 2.25. The first-order valence-corrected chi connectivity index (χ1v) is 7.80. The van der Waals surface area contributed by atoms with Crippen molar-refractivity contribution in [2.75, 3.05) is 19.4 Å². The molecule has 0 fully saturated rings. The van der Waals surface area contributed by atoms with Crippen LogP contribution in [0.4, 0.5) is 5.69 Å². The molecule has 0 heterocycles. The van der Waals surface area contributed by atoms with E-state index in [1.165, 1.54) is 17.0 Å². The lowest BCUT2D eigenvalue weighted by atomic mass is 10.1. The molecule has 2 N–H and O–H groups in total. The van der Waals surface area contributed by atoms with E-state index in [0.717, 1.165) is 5.56 Å². The molecule has 0 aliphatic heterocycles. The van der Waals surface area contributed by atoms with Crippen molar-refractivity contribution in [2.24, 2.45) is 0 Å². The Labute approximate surface area is 146 Å². The van der Waals surface area contributed by atoms with Crippen LogP contribution in [-0.2, 0) is 11.2 Å². The third-order valence-electron chi connectivity index (χ3n) is 3.66. The summed E-state index contributed by atoms with van der Waals surface area (Å²) in [5.74, 6) is -1.21. The van der Waals surface area contributed by atoms with Gasteiger partial charge in [0.25, 0.3) is 5.91 Å². The molecular formula is C19H20N2O4. The van der Waals surface area contributed by atoms with Crippen LogP contribution in [0.25, 0.3) is 0 Å². The molecule has 0 aliphatic rings. The molecule has 2 aromatic carbocycles. The van der Waals surface area contributed by atoms with Crippen molar-refractivity contribution in [1.82, 2.24) is 4.90 Å². The predicted molar refractivity (Wildman–Crippen MR) is 94.8 cm³/mol. The van der Waals surface area contributed by atoms with E-state index in [0.29, 0.717) is 17.7 Å². The minimum Gasteiger partial charge on any atom is -0.478 e. The van der Waals surface area contributed by atoms with Gasteiger partial charge >= 0.3 is 5.97 Å². The zero-order chi connectivity index (χ0) is 18.4. The lowest BCUT2D eigenvalue weighted by Crippen LogP contribution is -2.21. The molecule has 2 amide bonds. The van der Waals surface area contributed by atoms with E-state index in [-0.39, 0.29) is 23.8 Å². The molecule has 0 saturated carbocycles. The van der Waals surface area contributed by atoms with Crippen LogP contribution in [0, 0.1) is 0 Å². The van der Waals surface area contributed by atoms with Gasteiger partial charge in [0.15, 0.2) is 0 Å². The van der Waals surface area contributed by atoms with Gasteiger partial charge in [-0.2, -0.15) is 0 Å². The maximum absolute atomic E-state index is 12.0. The van der Waals surface area contributed by atoms with Gasteiger partial charge in [0.05, 0.1) is 5.56 Å². The largest absolute Gasteiger partial charge is 0.478 e. The number of aryl methyl sites for hydroxylation is 1. The summed E-state index contributed by atoms with van der Waals surface area (Å²) >= 11 is 0. The molecule has 0 unspecified atom stereocenters. The van der Waals surface area contributed by atoms with Gasteiger partial charge in [0, 0.05) is 31.8 Å². The second kappa shape index (κ2) is 8.10. The van der Waals surface area contributed by atoms with Gasteiger partial charge in [0.1, 0.15) is 0 Å². The van der Waals surface area contributed by atoms with Crippen LogP contribution in [0.3, 0.4) is 0 Å². The highest BCUT2D eigenvalue weighted by atomic mass is 16.4. The standard InChI is InChI=1S/C19H20N2O4/c1-21(2)18(23)14-8-10-16(11-9-14)20-17(22)12-5-13-3-6-15(7-4-13)19(24)25/h3-4,6-11H,5,12H2,1-2H3,(H,20,22)(H,24,25). The Bertz CT molecular complexity index is 765. The second-order valence-electron chi connectivity index (χ2n) is 5.83. The van der Waals surface area contributed by atoms with E-state index < -0.39 is 5.97 Å². The fourth-order valence-corrected chi connectivity index (χ4v) is 2.25. The van der Waals surface area contributed by atoms with E-state index in [2.05, 4.69) is 5.32 Å². The SMILES string of the molecule is CN(C)C(=O)c1ccc(NC(=O)CCc2ccc(C(=O)O)cc2)cc1. The first-order valence-electron chi connectivity index (χ1n) is 7.80. The molecule has 6 nitrogen and oxygen atoms in total. The predicted octanol–water partition coefficient (Wildman–Crippen LogP) is 2.66. The van der Waals surface area contributed by atoms with Crippen molar-refractivity contribution in [2.45, 2.75) is 12.8 Å². The summed E-state index contributed by atoms with van der Waals surface area (Å²) in [6.45, 7) is 0. The van der Waals surface area contributed by atoms with Crippen LogP contribution in [0.5, 0.6) is 0 Å². The minimum absolute atomic E-state index is 0.0947. The second-order valence-corrected chi connectivity index (χ2v) is 5.83. The summed E-state index contributed by atoms with van der Waals surface area (Å²) in [4.78, 5) is 36.1. The highest BCUT2D eigenvalue weighted by Gasteiger charge is 2.09. The van der Waals surface area contributed by atoms with E-state index in [1.54, 1.807) is 50.5 Å². The smallest absolute Gasteiger partial charge is 0.335 e. The lowest BCUT2D eigenvalue weighted by molar-refractivity contribution is -0.116. The number of hydrogen-bond donors (Lipinski definition) is 2. The Balaban J connectivity index is 1.87. The first-order chi connectivity index (χ1) is 11.9. The molecule has 6 heteroatoms. The molecule has 0 spiro atoms. The number of carboxylic acid groups (broad SMARTS) is 1. The Hall–Kier alpha value is -3.15. The number of amides is 2. The summed E-state index contributed by atoms with van der Waals surface area (Å²) in [5, 5.41) is 11.6. The molecule has 2 rings (SSSR count). The summed E-state index contributed by atoms with van der Waals surface area (Å²) in [6.07, 6.45) is 0.799. The van der Waals surface area contributed by atoms with Crippen molar-refractivity contribution in [3.63, 3.8) is 0 Å². The third-order valence-corrected chi connectivity index (χ3v) is 3.66. The van der Waals surface area contributed by atoms with Gasteiger partial charge in [-0.25, -0.2) is 4.79 Å². The van der Waals surface area contributed by atoms with E-state index in [9.17, 15) is 14.4 Å². The number of hydrogen-bond acceptors (Lipinski definition) is 3. The molecule has 0 aromatic heterocycles. The molecule has 0 saturated heterocycles. The van der Waals surface area contributed by atoms with Gasteiger partial charge in [-0.3, -0.25) is 9.59 Å². The van der Waals surface area contributed by atoms with Gasteiger partial charge in [-0.15, -0.1) is 0 Å². The Morgan fingerprint density at radius 1 is 0.920 bits per heavy atom. The van der Waals surface area contributed by atoms with Crippen molar-refractivity contribution in [3.05, 3.63) is 65.2 Å². The maximum Gasteiger partial charge on any atom is 0.335 e. The van der Waals surface area contributed by atoms with Crippen molar-refractivity contribution >= 4 is 23.5 Å². The van der Waals surface area contributed by atoms with Crippen LogP contribution < -0.4 is 5.32 Å². The first kappa shape index (κ1) is 18.2. The van der Waals surface area contributed by atoms with E-state index in [4.69, 9.17) is 5.11 Å². The van der Waals surface area contributed by atoms with Gasteiger partial charge in [-0.05, 0) is 48.4 Å². The Morgan fingerprint density at radius 2 is 1.48 bits per heavy atom. The van der Waals surface area contributed by atoms with Crippen LogP contribution >= 0.6 is 0 Å². The summed E-state index contributed by atoms with van der Waals surface area (Å²) in [7, 11) is 3.36. The number of carboxylic acids is 1. The number of carbonyl (C=O) groups excluding carboxylic acids is 2. The molecular weight excluding hydrogens is 320 g/mol. The van der Waals surface area contributed by atoms with Crippen molar-refractivity contribution < 1.29 is 19.5 Å². The maximum atomic E-state index is 12.0. The highest BCUT2D eigenvalue weighted by Crippen LogP contribution is 2.12. The van der Waals surface area contributed by atoms with Crippen LogP contribution in [0.1, 0.15) is 32.7 Å². The quantitative estimate of drug-likeness (QED) is 0.846. The monoisotopic (exact) mass is 340 g/mol. The zero-order valence-corrected chi connectivity index (χ0v) is 14.2. The normalized spacial score (nSPS) is 10.2. The number of carbonyl (C=O) groups is 3. The van der Waals surface area contributed by atoms with Gasteiger partial charge < -0.3 is 15.3 Å². The zero-order valence-electron chi connectivity index (χ0n) is 14.2. The van der Waals surface area contributed by atoms with Gasteiger partial charge in [0.2, 0.25) is 5.91 Å². The molecule has 2 aromatic rings. The van der Waals surface area contributed by atoms with Crippen molar-refractivity contribution in [3.8, 4) is 0 Å². The summed E-state index contributed by atoms with van der Waals surface area (Å²) < 4.78 is 0. The van der Waals surface area contributed by atoms with Crippen LogP contribution in [-0.4, -0.2) is 41.9 Å². The Kier molecular flexibility index (Phi) is 5.89. The summed E-state index contributed by atoms with van der Waals surface area (Å²) in [6, 6.07) is 13.2. The topological polar surface area (TPSA) is 86.7 Å². The number of rotatable bonds is 6. The summed E-state index contributed by atoms with van der Waals surface area (Å²) in [5.41, 5.74) is 2.30. The molecule has 0 aliphatic carbocycles. The van der Waals surface area contributed by atoms with Crippen LogP contribution in [0.15, 0.2) is 48.5 Å². The fraction of sp³-hybridized carbons (Fsp3) is 0.211. The average Bonchev–Trinajstić information content (AvgIpc) is 2.60. The van der Waals surface area contributed by atoms with E-state index in [1.807, 2.05) is 0 Å². The minimum atomic E-state index is -0.972. The molecule has 25 heavy (non-hydrogen) atoms. The van der Waals surface area contributed by atoms with E-state index >= 15 is 0 Å². The van der Waals surface area contributed by atoms with Gasteiger partial charge in [-0.1, -0.05) is 12.1 Å². The lowest BCUT2D eigenvalue weighted by Gasteiger charge is -2.11. The molecule has 0 radical (unpaired) electrons. The molecule has 130 valence electrons. The van der Waals surface area contributed by atoms with Crippen LogP contribution in [0.2, 0.25) is 0 Å². The van der Waals surface area contributed by atoms with Crippen molar-refractivity contribution in [1.29, 1.82) is 0 Å². The number of nitrogens with one attached hydrogen (secondary N) is 1. The number of anilines is 1. The Morgan fingerprint density at radius 3 is 2.00 bits per heavy atom. The number of aromatic carboxylic acids is 1.